The molecule has 1 unspecified atom stereocenters. The van der Waals surface area contributed by atoms with Crippen molar-refractivity contribution in [3.8, 4) is 5.75 Å². The van der Waals surface area contributed by atoms with Gasteiger partial charge in [-0.3, -0.25) is 0 Å². The minimum atomic E-state index is -0.520. The number of hydrogen-bond donors (Lipinski definition) is 3. The Morgan fingerprint density at radius 2 is 1.89 bits per heavy atom. The third kappa shape index (κ3) is 5.49. The number of hydrogen-bond acceptors (Lipinski definition) is 4. The molecule has 1 aromatic rings. The monoisotopic (exact) mass is 253 g/mol. The first kappa shape index (κ1) is 15.0. The Balaban J connectivity index is 2.27. The van der Waals surface area contributed by atoms with E-state index in [-0.39, 0.29) is 13.2 Å². The molecular formula is C14H23NO3. The topological polar surface area (TPSA) is 75.7 Å². The molecule has 0 bridgehead atoms. The number of benzene rings is 1. The van der Waals surface area contributed by atoms with Crippen LogP contribution in [0, 0.1) is 0 Å². The van der Waals surface area contributed by atoms with E-state index in [1.165, 1.54) is 0 Å². The lowest BCUT2D eigenvalue weighted by Crippen LogP contribution is -2.40. The summed E-state index contributed by atoms with van der Waals surface area (Å²) in [4.78, 5) is 0. The van der Waals surface area contributed by atoms with Crippen LogP contribution < -0.4 is 10.5 Å². The maximum absolute atomic E-state index is 9.01. The van der Waals surface area contributed by atoms with E-state index in [0.29, 0.717) is 13.0 Å². The van der Waals surface area contributed by atoms with Gasteiger partial charge >= 0.3 is 0 Å². The van der Waals surface area contributed by atoms with E-state index in [0.717, 1.165) is 24.2 Å². The second-order valence-electron chi connectivity index (χ2n) is 4.88. The van der Waals surface area contributed by atoms with Gasteiger partial charge in [0.2, 0.25) is 0 Å². The predicted octanol–water partition coefficient (Wildman–Crippen LogP) is 1.09. The average molecular weight is 253 g/mol. The Kier molecular flexibility index (Phi) is 6.12. The molecule has 0 fully saturated rings. The fourth-order valence-electron chi connectivity index (χ4n) is 1.63. The summed E-state index contributed by atoms with van der Waals surface area (Å²) in [6.45, 7) is 2.57. The highest BCUT2D eigenvalue weighted by Gasteiger charge is 2.15. The van der Waals surface area contributed by atoms with Crippen molar-refractivity contribution in [3.63, 3.8) is 0 Å². The molecule has 4 N–H and O–H groups in total. The molecule has 0 amide bonds. The Labute approximate surface area is 108 Å². The summed E-state index contributed by atoms with van der Waals surface area (Å²) in [5.74, 6) is 0.819. The molecule has 4 nitrogen and oxygen atoms in total. The second kappa shape index (κ2) is 7.36. The number of aliphatic hydroxyl groups excluding tert-OH is 2. The van der Waals surface area contributed by atoms with Crippen LogP contribution >= 0.6 is 0 Å². The Morgan fingerprint density at radius 3 is 2.44 bits per heavy atom. The smallest absolute Gasteiger partial charge is 0.119 e. The van der Waals surface area contributed by atoms with Gasteiger partial charge in [0.05, 0.1) is 13.2 Å². The fourth-order valence-corrected chi connectivity index (χ4v) is 1.63. The average Bonchev–Trinajstić information content (AvgIpc) is 2.37. The van der Waals surface area contributed by atoms with Crippen LogP contribution in [-0.2, 0) is 6.42 Å². The summed E-state index contributed by atoms with van der Waals surface area (Å²) in [6, 6.07) is 7.70. The third-order valence-electron chi connectivity index (χ3n) is 2.85. The summed E-state index contributed by atoms with van der Waals surface area (Å²) >= 11 is 0. The van der Waals surface area contributed by atoms with Crippen molar-refractivity contribution in [2.24, 2.45) is 5.73 Å². The minimum Gasteiger partial charge on any atom is -0.494 e. The van der Waals surface area contributed by atoms with Gasteiger partial charge in [-0.05, 0) is 43.9 Å². The van der Waals surface area contributed by atoms with Crippen LogP contribution in [0.15, 0.2) is 24.3 Å². The van der Waals surface area contributed by atoms with E-state index in [1.807, 2.05) is 31.2 Å². The number of ether oxygens (including phenoxy) is 1. The first-order valence-electron chi connectivity index (χ1n) is 6.30. The molecule has 0 saturated carbocycles. The fraction of sp³-hybridized carbons (Fsp3) is 0.571. The van der Waals surface area contributed by atoms with E-state index < -0.39 is 5.54 Å². The van der Waals surface area contributed by atoms with E-state index in [4.69, 9.17) is 20.7 Å². The summed E-state index contributed by atoms with van der Waals surface area (Å²) in [5.41, 5.74) is 6.40. The molecule has 0 heterocycles. The lowest BCUT2D eigenvalue weighted by molar-refractivity contribution is 0.188. The van der Waals surface area contributed by atoms with Crippen LogP contribution in [0.4, 0.5) is 0 Å². The molecule has 102 valence electrons. The van der Waals surface area contributed by atoms with Gasteiger partial charge in [0.1, 0.15) is 5.75 Å². The van der Waals surface area contributed by atoms with E-state index >= 15 is 0 Å². The van der Waals surface area contributed by atoms with E-state index in [1.54, 1.807) is 0 Å². The molecule has 0 aliphatic rings. The predicted molar refractivity (Wildman–Crippen MR) is 71.6 cm³/mol. The molecule has 0 spiro atoms. The van der Waals surface area contributed by atoms with Crippen LogP contribution in [-0.4, -0.2) is 35.6 Å². The van der Waals surface area contributed by atoms with Crippen LogP contribution in [0.3, 0.4) is 0 Å². The van der Waals surface area contributed by atoms with Gasteiger partial charge in [0.25, 0.3) is 0 Å². The lowest BCUT2D eigenvalue weighted by atomic mass is 9.99. The van der Waals surface area contributed by atoms with Gasteiger partial charge in [-0.1, -0.05) is 12.1 Å². The third-order valence-corrected chi connectivity index (χ3v) is 2.85. The lowest BCUT2D eigenvalue weighted by Gasteiger charge is -2.21. The first-order chi connectivity index (χ1) is 8.57. The van der Waals surface area contributed by atoms with Gasteiger partial charge in [-0.25, -0.2) is 0 Å². The molecule has 4 heteroatoms. The normalized spacial score (nSPS) is 14.2. The number of nitrogens with two attached hydrogens (primary N) is 1. The highest BCUT2D eigenvalue weighted by molar-refractivity contribution is 5.27. The van der Waals surface area contributed by atoms with Gasteiger partial charge in [-0.2, -0.15) is 0 Å². The molecule has 0 aliphatic heterocycles. The second-order valence-corrected chi connectivity index (χ2v) is 4.88. The largest absolute Gasteiger partial charge is 0.494 e. The Bertz CT molecular complexity index is 335. The van der Waals surface area contributed by atoms with Crippen molar-refractivity contribution in [3.05, 3.63) is 29.8 Å². The molecule has 0 saturated heterocycles. The molecule has 0 aliphatic carbocycles. The van der Waals surface area contributed by atoms with Gasteiger partial charge in [-0.15, -0.1) is 0 Å². The van der Waals surface area contributed by atoms with E-state index in [9.17, 15) is 0 Å². The van der Waals surface area contributed by atoms with Crippen molar-refractivity contribution >= 4 is 0 Å². The molecule has 1 atom stereocenters. The number of aliphatic hydroxyl groups is 2. The van der Waals surface area contributed by atoms with Crippen molar-refractivity contribution in [1.82, 2.24) is 0 Å². The van der Waals surface area contributed by atoms with Crippen molar-refractivity contribution < 1.29 is 14.9 Å². The zero-order valence-electron chi connectivity index (χ0n) is 10.9. The minimum absolute atomic E-state index is 0.0111. The molecule has 0 aromatic heterocycles. The molecule has 0 radical (unpaired) electrons. The number of rotatable bonds is 8. The van der Waals surface area contributed by atoms with Crippen molar-refractivity contribution in [2.45, 2.75) is 31.7 Å². The van der Waals surface area contributed by atoms with Gasteiger partial charge in [0, 0.05) is 12.1 Å². The highest BCUT2D eigenvalue weighted by atomic mass is 16.5. The van der Waals surface area contributed by atoms with Crippen LogP contribution in [0.1, 0.15) is 25.3 Å². The summed E-state index contributed by atoms with van der Waals surface area (Å²) in [6.07, 6.45) is 2.21. The molecule has 18 heavy (non-hydrogen) atoms. The molecule has 1 aromatic carbocycles. The maximum Gasteiger partial charge on any atom is 0.119 e. The summed E-state index contributed by atoms with van der Waals surface area (Å²) < 4.78 is 5.58. The zero-order chi connectivity index (χ0) is 13.4. The quantitative estimate of drug-likeness (QED) is 0.606. The van der Waals surface area contributed by atoms with Crippen LogP contribution in [0.2, 0.25) is 0 Å². The van der Waals surface area contributed by atoms with Crippen molar-refractivity contribution in [1.29, 1.82) is 0 Å². The highest BCUT2D eigenvalue weighted by Crippen LogP contribution is 2.14. The van der Waals surface area contributed by atoms with Gasteiger partial charge in [0.15, 0.2) is 0 Å². The van der Waals surface area contributed by atoms with Crippen molar-refractivity contribution in [2.75, 3.05) is 19.8 Å². The Morgan fingerprint density at radius 1 is 1.22 bits per heavy atom. The SMILES string of the molecule is CC(N)(CO)CCCOc1ccc(CCO)cc1. The summed E-state index contributed by atoms with van der Waals surface area (Å²) in [7, 11) is 0. The van der Waals surface area contributed by atoms with Gasteiger partial charge < -0.3 is 20.7 Å². The maximum atomic E-state index is 9.01. The standard InChI is InChI=1S/C14H23NO3/c1-14(15,11-17)8-2-10-18-13-5-3-12(4-6-13)7-9-16/h3-6,16-17H,2,7-11,15H2,1H3. The first-order valence-corrected chi connectivity index (χ1v) is 6.30. The zero-order valence-corrected chi connectivity index (χ0v) is 10.9. The summed E-state index contributed by atoms with van der Waals surface area (Å²) in [5, 5.41) is 17.8. The molecular weight excluding hydrogens is 230 g/mol. The van der Waals surface area contributed by atoms with E-state index in [2.05, 4.69) is 0 Å². The van der Waals surface area contributed by atoms with Crippen LogP contribution in [0.25, 0.3) is 0 Å². The van der Waals surface area contributed by atoms with Crippen LogP contribution in [0.5, 0.6) is 5.75 Å². The Hall–Kier alpha value is -1.10. The molecule has 1 rings (SSSR count).